The van der Waals surface area contributed by atoms with E-state index < -0.39 is 6.61 Å². The number of aromatic nitrogens is 3. The van der Waals surface area contributed by atoms with E-state index in [1.54, 1.807) is 36.1 Å². The van der Waals surface area contributed by atoms with Gasteiger partial charge in [-0.2, -0.15) is 8.78 Å². The lowest BCUT2D eigenvalue weighted by atomic mass is 10.0. The van der Waals surface area contributed by atoms with Gasteiger partial charge in [0.25, 0.3) is 0 Å². The van der Waals surface area contributed by atoms with E-state index in [2.05, 4.69) is 20.4 Å². The summed E-state index contributed by atoms with van der Waals surface area (Å²) in [7, 11) is 1.75. The van der Waals surface area contributed by atoms with Crippen molar-refractivity contribution in [2.75, 3.05) is 6.54 Å². The fourth-order valence-corrected chi connectivity index (χ4v) is 2.06. The highest BCUT2D eigenvalue weighted by molar-refractivity contribution is 5.39. The van der Waals surface area contributed by atoms with Crippen LogP contribution in [0.3, 0.4) is 0 Å². The van der Waals surface area contributed by atoms with Crippen LogP contribution < -0.4 is 10.1 Å². The highest BCUT2D eigenvalue weighted by Gasteiger charge is 2.21. The predicted octanol–water partition coefficient (Wildman–Crippen LogP) is 2.12. The summed E-state index contributed by atoms with van der Waals surface area (Å²) in [6.07, 6.45) is 1.60. The number of hydrogen-bond donors (Lipinski definition) is 1. The summed E-state index contributed by atoms with van der Waals surface area (Å²) >= 11 is 0. The molecule has 108 valence electrons. The number of alkyl halides is 2. The molecule has 1 unspecified atom stereocenters. The smallest absolute Gasteiger partial charge is 0.387 e. The van der Waals surface area contributed by atoms with Gasteiger partial charge in [-0.25, -0.2) is 0 Å². The minimum atomic E-state index is -2.86. The van der Waals surface area contributed by atoms with Crippen LogP contribution in [0.15, 0.2) is 30.5 Å². The fraction of sp³-hybridized carbons (Fsp3) is 0.385. The maximum Gasteiger partial charge on any atom is 0.387 e. The molecule has 0 aliphatic rings. The normalized spacial score (nSPS) is 12.7. The van der Waals surface area contributed by atoms with Gasteiger partial charge in [0.2, 0.25) is 0 Å². The van der Waals surface area contributed by atoms with E-state index >= 15 is 0 Å². The maximum absolute atomic E-state index is 12.5. The molecule has 1 heterocycles. The second-order valence-electron chi connectivity index (χ2n) is 4.19. The van der Waals surface area contributed by atoms with Crippen LogP contribution in [0.5, 0.6) is 5.75 Å². The Hall–Kier alpha value is -2.02. The lowest BCUT2D eigenvalue weighted by Crippen LogP contribution is -2.25. The van der Waals surface area contributed by atoms with Gasteiger partial charge in [-0.05, 0) is 12.6 Å². The topological polar surface area (TPSA) is 52.0 Å². The number of hydrogen-bond acceptors (Lipinski definition) is 4. The van der Waals surface area contributed by atoms with Gasteiger partial charge in [-0.1, -0.05) is 30.3 Å². The van der Waals surface area contributed by atoms with Crippen molar-refractivity contribution in [2.45, 2.75) is 19.6 Å². The number of nitrogens with one attached hydrogen (secondary N) is 1. The Morgan fingerprint density at radius 1 is 1.35 bits per heavy atom. The number of nitrogens with zero attached hydrogens (tertiary/aromatic N) is 3. The zero-order chi connectivity index (χ0) is 14.5. The molecule has 0 fully saturated rings. The molecular formula is C13H16F2N4O. The number of aryl methyl sites for hydroxylation is 1. The molecule has 0 aliphatic heterocycles. The van der Waals surface area contributed by atoms with Crippen molar-refractivity contribution in [1.82, 2.24) is 20.3 Å². The van der Waals surface area contributed by atoms with Gasteiger partial charge in [0.15, 0.2) is 0 Å². The van der Waals surface area contributed by atoms with Gasteiger partial charge < -0.3 is 10.1 Å². The van der Waals surface area contributed by atoms with Crippen LogP contribution in [0.4, 0.5) is 8.78 Å². The number of benzene rings is 1. The monoisotopic (exact) mass is 282 g/mol. The average molecular weight is 282 g/mol. The third-order valence-corrected chi connectivity index (χ3v) is 2.90. The highest BCUT2D eigenvalue weighted by atomic mass is 19.3. The van der Waals surface area contributed by atoms with E-state index in [1.807, 2.05) is 6.92 Å². The van der Waals surface area contributed by atoms with Crippen LogP contribution in [-0.4, -0.2) is 28.2 Å². The number of para-hydroxylation sites is 1. The molecule has 1 aromatic carbocycles. The second-order valence-corrected chi connectivity index (χ2v) is 4.19. The standard InChI is InChI=1S/C13H16F2N4O/c1-3-16-12(10-8-17-18-19(10)2)9-6-4-5-7-11(9)20-13(14)15/h4-8,12-13,16H,3H2,1-2H3. The number of ether oxygens (including phenoxy) is 1. The van der Waals surface area contributed by atoms with Crippen molar-refractivity contribution < 1.29 is 13.5 Å². The van der Waals surface area contributed by atoms with Crippen molar-refractivity contribution >= 4 is 0 Å². The van der Waals surface area contributed by atoms with Crippen molar-refractivity contribution in [2.24, 2.45) is 7.05 Å². The van der Waals surface area contributed by atoms with E-state index in [1.165, 1.54) is 6.07 Å². The molecule has 1 aromatic heterocycles. The lowest BCUT2D eigenvalue weighted by molar-refractivity contribution is -0.0506. The van der Waals surface area contributed by atoms with Crippen LogP contribution in [0.25, 0.3) is 0 Å². The molecule has 0 aliphatic carbocycles. The van der Waals surface area contributed by atoms with Gasteiger partial charge in [0.05, 0.1) is 17.9 Å². The Kier molecular flexibility index (Phi) is 4.62. The van der Waals surface area contributed by atoms with E-state index in [4.69, 9.17) is 0 Å². The number of rotatable bonds is 6. The summed E-state index contributed by atoms with van der Waals surface area (Å²) in [5, 5.41) is 10.9. The van der Waals surface area contributed by atoms with Gasteiger partial charge in [-0.3, -0.25) is 4.68 Å². The SMILES string of the molecule is CCNC(c1ccccc1OC(F)F)c1cnnn1C. The molecule has 0 saturated heterocycles. The molecule has 1 N–H and O–H groups in total. The Bertz CT molecular complexity index is 559. The quantitative estimate of drug-likeness (QED) is 0.881. The summed E-state index contributed by atoms with van der Waals surface area (Å²) < 4.78 is 31.2. The molecule has 2 aromatic rings. The van der Waals surface area contributed by atoms with Gasteiger partial charge in [0.1, 0.15) is 5.75 Å². The molecule has 20 heavy (non-hydrogen) atoms. The Morgan fingerprint density at radius 2 is 2.10 bits per heavy atom. The predicted molar refractivity (Wildman–Crippen MR) is 69.6 cm³/mol. The summed E-state index contributed by atoms with van der Waals surface area (Å²) in [5.41, 5.74) is 1.40. The van der Waals surface area contributed by atoms with E-state index in [9.17, 15) is 8.78 Å². The lowest BCUT2D eigenvalue weighted by Gasteiger charge is -2.20. The van der Waals surface area contributed by atoms with Gasteiger partial charge in [-0.15, -0.1) is 5.10 Å². The van der Waals surface area contributed by atoms with Crippen LogP contribution in [-0.2, 0) is 7.05 Å². The molecule has 2 rings (SSSR count). The molecule has 0 bridgehead atoms. The van der Waals surface area contributed by atoms with Gasteiger partial charge in [0, 0.05) is 12.6 Å². The van der Waals surface area contributed by atoms with Crippen LogP contribution >= 0.6 is 0 Å². The first-order valence-electron chi connectivity index (χ1n) is 6.25. The summed E-state index contributed by atoms with van der Waals surface area (Å²) in [5.74, 6) is 0.148. The minimum absolute atomic E-state index is 0.148. The molecule has 0 radical (unpaired) electrons. The van der Waals surface area contributed by atoms with Gasteiger partial charge >= 0.3 is 6.61 Å². The molecule has 0 amide bonds. The minimum Gasteiger partial charge on any atom is -0.434 e. The zero-order valence-electron chi connectivity index (χ0n) is 11.3. The first-order valence-corrected chi connectivity index (χ1v) is 6.25. The maximum atomic E-state index is 12.5. The third kappa shape index (κ3) is 3.11. The zero-order valence-corrected chi connectivity index (χ0v) is 11.3. The van der Waals surface area contributed by atoms with E-state index in [-0.39, 0.29) is 11.8 Å². The van der Waals surface area contributed by atoms with Crippen molar-refractivity contribution in [3.63, 3.8) is 0 Å². The van der Waals surface area contributed by atoms with Crippen molar-refractivity contribution in [1.29, 1.82) is 0 Å². The molecule has 5 nitrogen and oxygen atoms in total. The summed E-state index contributed by atoms with van der Waals surface area (Å²) in [4.78, 5) is 0. The molecule has 1 atom stereocenters. The largest absolute Gasteiger partial charge is 0.434 e. The number of halogens is 2. The molecule has 0 saturated carbocycles. The Balaban J connectivity index is 2.42. The molecule has 7 heteroatoms. The summed E-state index contributed by atoms with van der Waals surface area (Å²) in [6, 6.07) is 6.40. The Morgan fingerprint density at radius 3 is 2.70 bits per heavy atom. The average Bonchev–Trinajstić information content (AvgIpc) is 2.82. The first-order chi connectivity index (χ1) is 9.63. The van der Waals surface area contributed by atoms with Crippen LogP contribution in [0.2, 0.25) is 0 Å². The fourth-order valence-electron chi connectivity index (χ4n) is 2.06. The second kappa shape index (κ2) is 6.42. The van der Waals surface area contributed by atoms with Crippen molar-refractivity contribution in [3.05, 3.63) is 41.7 Å². The van der Waals surface area contributed by atoms with E-state index in [0.717, 1.165) is 5.69 Å². The van der Waals surface area contributed by atoms with Crippen LogP contribution in [0.1, 0.15) is 24.2 Å². The van der Waals surface area contributed by atoms with Crippen LogP contribution in [0, 0.1) is 0 Å². The molecule has 0 spiro atoms. The highest BCUT2D eigenvalue weighted by Crippen LogP contribution is 2.30. The summed E-state index contributed by atoms with van der Waals surface area (Å²) in [6.45, 7) is -0.255. The third-order valence-electron chi connectivity index (χ3n) is 2.90. The molecular weight excluding hydrogens is 266 g/mol. The Labute approximate surface area is 115 Å². The first kappa shape index (κ1) is 14.4. The van der Waals surface area contributed by atoms with E-state index in [0.29, 0.717) is 12.1 Å². The van der Waals surface area contributed by atoms with Crippen molar-refractivity contribution in [3.8, 4) is 5.75 Å².